The maximum atomic E-state index is 13.3. The summed E-state index contributed by atoms with van der Waals surface area (Å²) in [5, 5.41) is 7.18. The van der Waals surface area contributed by atoms with Gasteiger partial charge in [-0.2, -0.15) is 4.98 Å². The molecule has 0 spiro atoms. The Morgan fingerprint density at radius 2 is 2.07 bits per heavy atom. The highest BCUT2D eigenvalue weighted by Gasteiger charge is 2.29. The highest BCUT2D eigenvalue weighted by Crippen LogP contribution is 2.28. The second-order valence-electron chi connectivity index (χ2n) is 6.81. The number of likely N-dealkylation sites (tertiary alicyclic amines) is 1. The SMILES string of the molecule is O=C(Nc1ccc(F)c(F)c1)N1CCCC(c2nc(-c3cccc(Cl)c3)no2)C1. The number of carbonyl (C=O) groups excluding carboxylic acids is 1. The van der Waals surface area contributed by atoms with E-state index in [1.807, 2.05) is 6.07 Å². The van der Waals surface area contributed by atoms with Crippen LogP contribution in [0.15, 0.2) is 47.0 Å². The summed E-state index contributed by atoms with van der Waals surface area (Å²) in [7, 11) is 0. The number of carbonyl (C=O) groups is 1. The third-order valence-corrected chi connectivity index (χ3v) is 4.99. The first-order valence-corrected chi connectivity index (χ1v) is 9.48. The van der Waals surface area contributed by atoms with E-state index in [1.165, 1.54) is 6.07 Å². The first-order chi connectivity index (χ1) is 14.0. The lowest BCUT2D eigenvalue weighted by Gasteiger charge is -2.31. The van der Waals surface area contributed by atoms with Gasteiger partial charge in [-0.1, -0.05) is 28.9 Å². The Balaban J connectivity index is 1.44. The van der Waals surface area contributed by atoms with Gasteiger partial charge in [-0.05, 0) is 37.1 Å². The van der Waals surface area contributed by atoms with Crippen molar-refractivity contribution < 1.29 is 18.1 Å². The fourth-order valence-corrected chi connectivity index (χ4v) is 3.48. The summed E-state index contributed by atoms with van der Waals surface area (Å²) in [5.41, 5.74) is 0.938. The molecule has 0 saturated carbocycles. The molecule has 1 saturated heterocycles. The minimum atomic E-state index is -1.02. The Hall–Kier alpha value is -3.00. The molecule has 4 rings (SSSR count). The maximum Gasteiger partial charge on any atom is 0.321 e. The van der Waals surface area contributed by atoms with Crippen LogP contribution in [0.2, 0.25) is 5.02 Å². The van der Waals surface area contributed by atoms with Gasteiger partial charge in [0.2, 0.25) is 11.7 Å². The third kappa shape index (κ3) is 4.37. The Bertz CT molecular complexity index is 1040. The summed E-state index contributed by atoms with van der Waals surface area (Å²) in [6, 6.07) is 9.99. The summed E-state index contributed by atoms with van der Waals surface area (Å²) in [6.45, 7) is 0.925. The van der Waals surface area contributed by atoms with Crippen molar-refractivity contribution in [2.45, 2.75) is 18.8 Å². The molecule has 1 atom stereocenters. The van der Waals surface area contributed by atoms with Crippen LogP contribution in [0, 0.1) is 11.6 Å². The van der Waals surface area contributed by atoms with Gasteiger partial charge in [-0.15, -0.1) is 0 Å². The lowest BCUT2D eigenvalue weighted by Crippen LogP contribution is -2.41. The first kappa shape index (κ1) is 19.3. The van der Waals surface area contributed by atoms with Gasteiger partial charge in [0.15, 0.2) is 11.6 Å². The van der Waals surface area contributed by atoms with Crippen LogP contribution in [0.25, 0.3) is 11.4 Å². The zero-order chi connectivity index (χ0) is 20.4. The van der Waals surface area contributed by atoms with E-state index in [-0.39, 0.29) is 11.6 Å². The number of hydrogen-bond donors (Lipinski definition) is 1. The first-order valence-electron chi connectivity index (χ1n) is 9.10. The molecule has 1 unspecified atom stereocenters. The monoisotopic (exact) mass is 418 g/mol. The van der Waals surface area contributed by atoms with Crippen molar-refractivity contribution in [3.05, 3.63) is 65.0 Å². The fourth-order valence-electron chi connectivity index (χ4n) is 3.29. The topological polar surface area (TPSA) is 71.3 Å². The molecule has 6 nitrogen and oxygen atoms in total. The Morgan fingerprint density at radius 1 is 1.21 bits per heavy atom. The second kappa shape index (κ2) is 8.16. The zero-order valence-corrected chi connectivity index (χ0v) is 16.0. The molecule has 3 aromatic rings. The normalized spacial score (nSPS) is 16.7. The van der Waals surface area contributed by atoms with E-state index in [0.29, 0.717) is 29.8 Å². The maximum absolute atomic E-state index is 13.3. The summed E-state index contributed by atoms with van der Waals surface area (Å²) in [5.74, 6) is -1.21. The van der Waals surface area contributed by atoms with Crippen LogP contribution >= 0.6 is 11.6 Å². The molecule has 1 fully saturated rings. The molecule has 2 heterocycles. The molecular weight excluding hydrogens is 402 g/mol. The van der Waals surface area contributed by atoms with Crippen LogP contribution in [-0.2, 0) is 0 Å². The number of hydrogen-bond acceptors (Lipinski definition) is 4. The number of urea groups is 1. The Labute approximate surface area is 170 Å². The zero-order valence-electron chi connectivity index (χ0n) is 15.2. The van der Waals surface area contributed by atoms with Gasteiger partial charge in [0, 0.05) is 35.4 Å². The van der Waals surface area contributed by atoms with Crippen LogP contribution in [0.4, 0.5) is 19.3 Å². The van der Waals surface area contributed by atoms with E-state index < -0.39 is 17.7 Å². The highest BCUT2D eigenvalue weighted by molar-refractivity contribution is 6.30. The van der Waals surface area contributed by atoms with Gasteiger partial charge in [0.25, 0.3) is 0 Å². The van der Waals surface area contributed by atoms with Crippen molar-refractivity contribution in [3.8, 4) is 11.4 Å². The van der Waals surface area contributed by atoms with Crippen LogP contribution in [0.5, 0.6) is 0 Å². The van der Waals surface area contributed by atoms with Crippen molar-refractivity contribution in [1.29, 1.82) is 0 Å². The number of piperidine rings is 1. The van der Waals surface area contributed by atoms with Crippen LogP contribution in [0.3, 0.4) is 0 Å². The van der Waals surface area contributed by atoms with E-state index in [2.05, 4.69) is 15.5 Å². The van der Waals surface area contributed by atoms with Crippen molar-refractivity contribution in [1.82, 2.24) is 15.0 Å². The molecule has 0 radical (unpaired) electrons. The second-order valence-corrected chi connectivity index (χ2v) is 7.25. The molecule has 2 aromatic carbocycles. The van der Waals surface area contributed by atoms with Crippen molar-refractivity contribution in [2.75, 3.05) is 18.4 Å². The molecule has 2 amide bonds. The predicted octanol–water partition coefficient (Wildman–Crippen LogP) is 5.08. The number of amides is 2. The molecule has 1 N–H and O–H groups in total. The molecule has 150 valence electrons. The number of benzene rings is 2. The van der Waals surface area contributed by atoms with E-state index >= 15 is 0 Å². The average molecular weight is 419 g/mol. The number of aromatic nitrogens is 2. The van der Waals surface area contributed by atoms with Gasteiger partial charge >= 0.3 is 6.03 Å². The summed E-state index contributed by atoms with van der Waals surface area (Å²) in [4.78, 5) is 18.6. The van der Waals surface area contributed by atoms with Gasteiger partial charge in [-0.3, -0.25) is 0 Å². The van der Waals surface area contributed by atoms with Crippen LogP contribution in [-0.4, -0.2) is 34.2 Å². The number of anilines is 1. The Kier molecular flexibility index (Phi) is 5.44. The largest absolute Gasteiger partial charge is 0.339 e. The summed E-state index contributed by atoms with van der Waals surface area (Å²) < 4.78 is 31.8. The lowest BCUT2D eigenvalue weighted by molar-refractivity contribution is 0.184. The summed E-state index contributed by atoms with van der Waals surface area (Å²) in [6.07, 6.45) is 1.55. The minimum Gasteiger partial charge on any atom is -0.339 e. The molecule has 29 heavy (non-hydrogen) atoms. The number of halogens is 3. The minimum absolute atomic E-state index is 0.111. The number of nitrogens with one attached hydrogen (secondary N) is 1. The molecule has 1 aliphatic rings. The van der Waals surface area contributed by atoms with Crippen molar-refractivity contribution in [3.63, 3.8) is 0 Å². The molecule has 0 bridgehead atoms. The van der Waals surface area contributed by atoms with Gasteiger partial charge in [0.05, 0.1) is 5.92 Å². The van der Waals surface area contributed by atoms with Gasteiger partial charge in [-0.25, -0.2) is 13.6 Å². The molecule has 0 aliphatic carbocycles. The smallest absolute Gasteiger partial charge is 0.321 e. The van der Waals surface area contributed by atoms with Crippen molar-refractivity contribution in [2.24, 2.45) is 0 Å². The fraction of sp³-hybridized carbons (Fsp3) is 0.250. The van der Waals surface area contributed by atoms with Crippen LogP contribution < -0.4 is 5.32 Å². The third-order valence-electron chi connectivity index (χ3n) is 4.75. The number of nitrogens with zero attached hydrogens (tertiary/aromatic N) is 3. The number of rotatable bonds is 3. The van der Waals surface area contributed by atoms with E-state index in [1.54, 1.807) is 23.1 Å². The quantitative estimate of drug-likeness (QED) is 0.643. The predicted molar refractivity (Wildman–Crippen MR) is 104 cm³/mol. The molecular formula is C20H17ClF2N4O2. The van der Waals surface area contributed by atoms with Crippen LogP contribution in [0.1, 0.15) is 24.7 Å². The molecule has 1 aliphatic heterocycles. The average Bonchev–Trinajstić information content (AvgIpc) is 3.21. The lowest BCUT2D eigenvalue weighted by atomic mass is 9.98. The van der Waals surface area contributed by atoms with Gasteiger partial charge in [0.1, 0.15) is 0 Å². The van der Waals surface area contributed by atoms with E-state index in [9.17, 15) is 13.6 Å². The van der Waals surface area contributed by atoms with E-state index in [0.717, 1.165) is 30.5 Å². The summed E-state index contributed by atoms with van der Waals surface area (Å²) >= 11 is 6.01. The van der Waals surface area contributed by atoms with Gasteiger partial charge < -0.3 is 14.7 Å². The molecule has 1 aromatic heterocycles. The van der Waals surface area contributed by atoms with E-state index in [4.69, 9.17) is 16.1 Å². The van der Waals surface area contributed by atoms with Crippen molar-refractivity contribution >= 4 is 23.3 Å². The Morgan fingerprint density at radius 3 is 2.86 bits per heavy atom. The molecule has 9 heteroatoms. The standard InChI is InChI=1S/C20H17ClF2N4O2/c21-14-5-1-3-12(9-14)18-25-19(29-26-18)13-4-2-8-27(11-13)20(28)24-15-6-7-16(22)17(23)10-15/h1,3,5-7,9-10,13H,2,4,8,11H2,(H,24,28). The highest BCUT2D eigenvalue weighted by atomic mass is 35.5.